The molecule has 0 fully saturated rings. The van der Waals surface area contributed by atoms with Gasteiger partial charge < -0.3 is 9.47 Å². The molecule has 4 heteroatoms. The van der Waals surface area contributed by atoms with E-state index in [1.807, 2.05) is 20.8 Å². The van der Waals surface area contributed by atoms with Gasteiger partial charge in [-0.3, -0.25) is 9.59 Å². The average molecular weight is 244 g/mol. The highest BCUT2D eigenvalue weighted by atomic mass is 16.5. The van der Waals surface area contributed by atoms with Crippen LogP contribution in [0.1, 0.15) is 52.9 Å². The van der Waals surface area contributed by atoms with Gasteiger partial charge in [-0.15, -0.1) is 0 Å². The van der Waals surface area contributed by atoms with Crippen molar-refractivity contribution in [1.29, 1.82) is 0 Å². The average Bonchev–Trinajstić information content (AvgIpc) is 2.35. The third kappa shape index (κ3) is 4.75. The molecule has 0 aromatic carbocycles. The van der Waals surface area contributed by atoms with Crippen molar-refractivity contribution in [3.8, 4) is 0 Å². The van der Waals surface area contributed by atoms with Crippen molar-refractivity contribution < 1.29 is 19.1 Å². The van der Waals surface area contributed by atoms with Crippen LogP contribution in [0, 0.1) is 5.41 Å². The number of hydrogen-bond donors (Lipinski definition) is 0. The summed E-state index contributed by atoms with van der Waals surface area (Å²) in [5, 5.41) is 0. The lowest BCUT2D eigenvalue weighted by atomic mass is 9.79. The van der Waals surface area contributed by atoms with Gasteiger partial charge in [-0.25, -0.2) is 0 Å². The molecule has 0 unspecified atom stereocenters. The molecule has 0 N–H and O–H groups in total. The Labute approximate surface area is 104 Å². The first kappa shape index (κ1) is 15.9. The van der Waals surface area contributed by atoms with Crippen molar-refractivity contribution in [3.05, 3.63) is 0 Å². The molecule has 0 aliphatic heterocycles. The number of carbonyl (C=O) groups is 2. The summed E-state index contributed by atoms with van der Waals surface area (Å²) in [5.74, 6) is -0.637. The maximum absolute atomic E-state index is 12.0. The molecule has 0 spiro atoms. The van der Waals surface area contributed by atoms with E-state index in [-0.39, 0.29) is 18.4 Å². The van der Waals surface area contributed by atoms with E-state index in [4.69, 9.17) is 4.74 Å². The largest absolute Gasteiger partial charge is 0.469 e. The molecule has 0 saturated carbocycles. The van der Waals surface area contributed by atoms with Crippen LogP contribution in [0.25, 0.3) is 0 Å². The van der Waals surface area contributed by atoms with Gasteiger partial charge in [0.25, 0.3) is 0 Å². The van der Waals surface area contributed by atoms with E-state index in [0.29, 0.717) is 19.4 Å². The first-order valence-electron chi connectivity index (χ1n) is 6.30. The highest BCUT2D eigenvalue weighted by Gasteiger charge is 2.39. The van der Waals surface area contributed by atoms with Gasteiger partial charge in [0.1, 0.15) is 0 Å². The second-order valence-corrected chi connectivity index (χ2v) is 4.23. The van der Waals surface area contributed by atoms with Crippen LogP contribution in [0.4, 0.5) is 0 Å². The van der Waals surface area contributed by atoms with Gasteiger partial charge in [0, 0.05) is 0 Å². The van der Waals surface area contributed by atoms with Gasteiger partial charge in [0.05, 0.1) is 25.6 Å². The van der Waals surface area contributed by atoms with E-state index in [0.717, 1.165) is 12.8 Å². The highest BCUT2D eigenvalue weighted by Crippen LogP contribution is 2.32. The Morgan fingerprint density at radius 2 is 1.71 bits per heavy atom. The lowest BCUT2D eigenvalue weighted by Crippen LogP contribution is -2.34. The molecule has 4 nitrogen and oxygen atoms in total. The molecule has 0 rings (SSSR count). The van der Waals surface area contributed by atoms with Crippen molar-refractivity contribution in [2.45, 2.75) is 52.9 Å². The first-order valence-corrected chi connectivity index (χ1v) is 6.30. The number of ether oxygens (including phenoxy) is 2. The smallest absolute Gasteiger partial charge is 0.312 e. The summed E-state index contributed by atoms with van der Waals surface area (Å²) in [5.41, 5.74) is -0.721. The Morgan fingerprint density at radius 3 is 2.12 bits per heavy atom. The predicted octanol–water partition coefficient (Wildman–Crippen LogP) is 2.70. The number of esters is 2. The molecule has 0 aromatic rings. The van der Waals surface area contributed by atoms with Crippen molar-refractivity contribution in [2.75, 3.05) is 13.7 Å². The Hall–Kier alpha value is -1.06. The van der Waals surface area contributed by atoms with Crippen LogP contribution in [-0.2, 0) is 19.1 Å². The Morgan fingerprint density at radius 1 is 1.12 bits per heavy atom. The topological polar surface area (TPSA) is 52.6 Å². The number of unbranched alkanes of at least 4 members (excludes halogenated alkanes) is 1. The molecule has 0 saturated heterocycles. The van der Waals surface area contributed by atoms with E-state index in [2.05, 4.69) is 4.74 Å². The molecule has 0 heterocycles. The maximum Gasteiger partial charge on any atom is 0.312 e. The van der Waals surface area contributed by atoms with Crippen LogP contribution in [0.2, 0.25) is 0 Å². The minimum Gasteiger partial charge on any atom is -0.469 e. The lowest BCUT2D eigenvalue weighted by Gasteiger charge is -2.27. The van der Waals surface area contributed by atoms with E-state index < -0.39 is 5.41 Å². The number of rotatable bonds is 8. The van der Waals surface area contributed by atoms with Gasteiger partial charge in [0.2, 0.25) is 0 Å². The molecule has 0 atom stereocenters. The van der Waals surface area contributed by atoms with Gasteiger partial charge in [0.15, 0.2) is 0 Å². The second-order valence-electron chi connectivity index (χ2n) is 4.23. The summed E-state index contributed by atoms with van der Waals surface area (Å²) >= 11 is 0. The summed E-state index contributed by atoms with van der Waals surface area (Å²) in [7, 11) is 1.33. The van der Waals surface area contributed by atoms with Gasteiger partial charge >= 0.3 is 11.9 Å². The Balaban J connectivity index is 4.56. The molecule has 0 aliphatic rings. The van der Waals surface area contributed by atoms with Crippen molar-refractivity contribution in [3.63, 3.8) is 0 Å². The van der Waals surface area contributed by atoms with E-state index >= 15 is 0 Å². The minimum atomic E-state index is -0.721. The third-order valence-electron chi connectivity index (χ3n) is 3.23. The monoisotopic (exact) mass is 244 g/mol. The molecule has 0 radical (unpaired) electrons. The molecular weight excluding hydrogens is 220 g/mol. The van der Waals surface area contributed by atoms with Crippen molar-refractivity contribution in [2.24, 2.45) is 5.41 Å². The molecule has 17 heavy (non-hydrogen) atoms. The quantitative estimate of drug-likeness (QED) is 0.486. The summed E-state index contributed by atoms with van der Waals surface area (Å²) < 4.78 is 9.87. The molecule has 100 valence electrons. The predicted molar refractivity (Wildman–Crippen MR) is 65.5 cm³/mol. The minimum absolute atomic E-state index is 0.0987. The van der Waals surface area contributed by atoms with E-state index in [9.17, 15) is 9.59 Å². The molecular formula is C13H24O4. The SMILES string of the molecule is CCCCOC(=O)C(CC)(CC)CC(=O)OC. The molecule has 0 bridgehead atoms. The van der Waals surface area contributed by atoms with E-state index in [1.165, 1.54) is 7.11 Å². The fourth-order valence-corrected chi connectivity index (χ4v) is 1.67. The zero-order chi connectivity index (χ0) is 13.3. The molecule has 0 aliphatic carbocycles. The fourth-order valence-electron chi connectivity index (χ4n) is 1.67. The van der Waals surface area contributed by atoms with Crippen LogP contribution >= 0.6 is 0 Å². The van der Waals surface area contributed by atoms with Crippen LogP contribution in [0.5, 0.6) is 0 Å². The number of methoxy groups -OCH3 is 1. The zero-order valence-electron chi connectivity index (χ0n) is 11.4. The normalized spacial score (nSPS) is 11.1. The van der Waals surface area contributed by atoms with Crippen molar-refractivity contribution in [1.82, 2.24) is 0 Å². The molecule has 0 aromatic heterocycles. The van der Waals surface area contributed by atoms with Gasteiger partial charge in [-0.1, -0.05) is 27.2 Å². The standard InChI is InChI=1S/C13H24O4/c1-5-8-9-17-12(15)13(6-2,7-3)10-11(14)16-4/h5-10H2,1-4H3. The fraction of sp³-hybridized carbons (Fsp3) is 0.846. The number of carbonyl (C=O) groups excluding carboxylic acids is 2. The summed E-state index contributed by atoms with van der Waals surface area (Å²) in [6, 6.07) is 0. The van der Waals surface area contributed by atoms with E-state index in [1.54, 1.807) is 0 Å². The van der Waals surface area contributed by atoms with Crippen LogP contribution in [0.3, 0.4) is 0 Å². The van der Waals surface area contributed by atoms with Crippen LogP contribution < -0.4 is 0 Å². The first-order chi connectivity index (χ1) is 8.06. The van der Waals surface area contributed by atoms with Gasteiger partial charge in [-0.05, 0) is 19.3 Å². The van der Waals surface area contributed by atoms with Crippen LogP contribution in [0.15, 0.2) is 0 Å². The summed E-state index contributed by atoms with van der Waals surface area (Å²) in [4.78, 5) is 23.4. The Bertz CT molecular complexity index is 244. The Kier molecular flexibility index (Phi) is 7.59. The summed E-state index contributed by atoms with van der Waals surface area (Å²) in [6.07, 6.45) is 3.11. The summed E-state index contributed by atoms with van der Waals surface area (Å²) in [6.45, 7) is 6.26. The second kappa shape index (κ2) is 8.09. The number of hydrogen-bond acceptors (Lipinski definition) is 4. The third-order valence-corrected chi connectivity index (χ3v) is 3.23. The lowest BCUT2D eigenvalue weighted by molar-refractivity contribution is -0.162. The van der Waals surface area contributed by atoms with Crippen LogP contribution in [-0.4, -0.2) is 25.7 Å². The zero-order valence-corrected chi connectivity index (χ0v) is 11.4. The maximum atomic E-state index is 12.0. The van der Waals surface area contributed by atoms with Crippen molar-refractivity contribution >= 4 is 11.9 Å². The highest BCUT2D eigenvalue weighted by molar-refractivity contribution is 5.83. The molecule has 0 amide bonds. The van der Waals surface area contributed by atoms with Gasteiger partial charge in [-0.2, -0.15) is 0 Å².